The van der Waals surface area contributed by atoms with E-state index < -0.39 is 14.8 Å². The van der Waals surface area contributed by atoms with Gasteiger partial charge in [-0.1, -0.05) is 36.4 Å². The number of anilines is 4. The first kappa shape index (κ1) is 22.0. The van der Waals surface area contributed by atoms with E-state index in [1.807, 2.05) is 47.8 Å². The van der Waals surface area contributed by atoms with Gasteiger partial charge >= 0.3 is 0 Å². The molecule has 0 unspecified atom stereocenters. The lowest BCUT2D eigenvalue weighted by molar-refractivity contribution is 0.566. The summed E-state index contributed by atoms with van der Waals surface area (Å²) in [6, 6.07) is 19.2. The largest absolute Gasteiger partial charge is 0.350 e. The smallest absolute Gasteiger partial charge is 0.237 e. The molecule has 0 atom stereocenters. The Morgan fingerprint density at radius 1 is 0.938 bits per heavy atom. The van der Waals surface area contributed by atoms with Crippen molar-refractivity contribution in [3.63, 3.8) is 0 Å². The fourth-order valence-corrected chi connectivity index (χ4v) is 4.42. The van der Waals surface area contributed by atoms with Gasteiger partial charge in [-0.15, -0.1) is 11.3 Å². The Bertz CT molecular complexity index is 1330. The zero-order valence-electron chi connectivity index (χ0n) is 18.1. The van der Waals surface area contributed by atoms with E-state index in [0.29, 0.717) is 24.0 Å². The van der Waals surface area contributed by atoms with Crippen LogP contribution in [0.1, 0.15) is 26.3 Å². The van der Waals surface area contributed by atoms with Crippen LogP contribution in [0.25, 0.3) is 10.2 Å². The predicted molar refractivity (Wildman–Crippen MR) is 133 cm³/mol. The van der Waals surface area contributed by atoms with Crippen molar-refractivity contribution in [1.82, 2.24) is 9.97 Å². The van der Waals surface area contributed by atoms with E-state index in [1.54, 1.807) is 39.0 Å². The monoisotopic (exact) mass is 467 g/mol. The van der Waals surface area contributed by atoms with Crippen LogP contribution in [0.5, 0.6) is 0 Å². The average Bonchev–Trinajstić information content (AvgIpc) is 3.21. The van der Waals surface area contributed by atoms with Crippen LogP contribution in [-0.2, 0) is 16.6 Å². The lowest BCUT2D eigenvalue weighted by Gasteiger charge is -2.20. The third-order valence-corrected chi connectivity index (χ3v) is 7.73. The molecule has 0 bridgehead atoms. The predicted octanol–water partition coefficient (Wildman–Crippen LogP) is 5.59. The number of hydrogen-bond acceptors (Lipinski definition) is 7. The van der Waals surface area contributed by atoms with Gasteiger partial charge < -0.3 is 10.6 Å². The molecule has 0 radical (unpaired) electrons. The van der Waals surface area contributed by atoms with Crippen molar-refractivity contribution in [2.75, 3.05) is 15.4 Å². The molecular formula is C23H25N5O2S2. The molecule has 2 heterocycles. The number of aromatic nitrogens is 2. The molecule has 0 amide bonds. The second kappa shape index (κ2) is 8.76. The summed E-state index contributed by atoms with van der Waals surface area (Å²) in [4.78, 5) is 10.1. The summed E-state index contributed by atoms with van der Waals surface area (Å²) in [5.74, 6) is 1.18. The van der Waals surface area contributed by atoms with Gasteiger partial charge in [0, 0.05) is 12.2 Å². The molecule has 0 saturated heterocycles. The highest BCUT2D eigenvalue weighted by molar-refractivity contribution is 7.94. The van der Waals surface area contributed by atoms with Crippen molar-refractivity contribution in [2.45, 2.75) is 32.1 Å². The summed E-state index contributed by atoms with van der Waals surface area (Å²) in [6.45, 7) is 5.60. The lowest BCUT2D eigenvalue weighted by Crippen LogP contribution is -2.33. The Morgan fingerprint density at radius 2 is 1.69 bits per heavy atom. The van der Waals surface area contributed by atoms with Gasteiger partial charge in [0.2, 0.25) is 16.0 Å². The van der Waals surface area contributed by atoms with Crippen LogP contribution in [-0.4, -0.2) is 23.1 Å². The third-order valence-electron chi connectivity index (χ3n) is 4.80. The van der Waals surface area contributed by atoms with Gasteiger partial charge in [-0.2, -0.15) is 4.98 Å². The topological polar surface area (TPSA) is 96.0 Å². The van der Waals surface area contributed by atoms with Gasteiger partial charge in [-0.25, -0.2) is 13.4 Å². The molecule has 4 rings (SSSR count). The summed E-state index contributed by atoms with van der Waals surface area (Å²) < 4.78 is 26.8. The minimum atomic E-state index is -3.52. The van der Waals surface area contributed by atoms with Crippen molar-refractivity contribution < 1.29 is 8.42 Å². The maximum atomic E-state index is 12.5. The summed E-state index contributed by atoms with van der Waals surface area (Å²) in [6.07, 6.45) is 0. The maximum Gasteiger partial charge on any atom is 0.237 e. The van der Waals surface area contributed by atoms with Gasteiger partial charge in [-0.05, 0) is 56.0 Å². The molecule has 166 valence electrons. The fraction of sp³-hybridized carbons (Fsp3) is 0.217. The first-order valence-electron chi connectivity index (χ1n) is 10.1. The van der Waals surface area contributed by atoms with Crippen LogP contribution < -0.4 is 15.4 Å². The van der Waals surface area contributed by atoms with Crippen molar-refractivity contribution in [3.05, 3.63) is 71.6 Å². The first-order valence-corrected chi connectivity index (χ1v) is 12.5. The fourth-order valence-electron chi connectivity index (χ4n) is 2.91. The van der Waals surface area contributed by atoms with E-state index in [9.17, 15) is 8.42 Å². The van der Waals surface area contributed by atoms with E-state index in [1.165, 1.54) is 11.3 Å². The van der Waals surface area contributed by atoms with Crippen LogP contribution >= 0.6 is 11.3 Å². The zero-order chi connectivity index (χ0) is 22.8. The molecule has 32 heavy (non-hydrogen) atoms. The van der Waals surface area contributed by atoms with E-state index in [4.69, 9.17) is 0 Å². The maximum absolute atomic E-state index is 12.5. The molecule has 2 aromatic heterocycles. The van der Waals surface area contributed by atoms with Crippen LogP contribution in [0, 0.1) is 0 Å². The molecule has 7 nitrogen and oxygen atoms in total. The highest BCUT2D eigenvalue weighted by Crippen LogP contribution is 2.30. The summed E-state index contributed by atoms with van der Waals surface area (Å²) in [5, 5.41) is 9.47. The molecule has 2 aromatic carbocycles. The second-order valence-corrected chi connectivity index (χ2v) is 11.6. The number of rotatable bonds is 7. The molecule has 4 aromatic rings. The number of thiophene rings is 1. The molecule has 0 aliphatic carbocycles. The van der Waals surface area contributed by atoms with Crippen molar-refractivity contribution in [2.24, 2.45) is 0 Å². The van der Waals surface area contributed by atoms with E-state index in [0.717, 1.165) is 21.5 Å². The minimum Gasteiger partial charge on any atom is -0.350 e. The highest BCUT2D eigenvalue weighted by atomic mass is 32.2. The van der Waals surface area contributed by atoms with Crippen LogP contribution in [0.2, 0.25) is 0 Å². The normalized spacial score (nSPS) is 12.0. The highest BCUT2D eigenvalue weighted by Gasteiger charge is 2.28. The second-order valence-electron chi connectivity index (χ2n) is 8.30. The standard InChI is InChI=1S/C23H25N5O2S2/c1-23(2,3)32(29,30)28-18-11-7-10-17(14-18)25-20-19-12-13-31-21(19)27-22(26-20)24-15-16-8-5-4-6-9-16/h4-14,28H,15H2,1-3H3,(H2,24,25,26,27). The Kier molecular flexibility index (Phi) is 6.03. The van der Waals surface area contributed by atoms with E-state index in [2.05, 4.69) is 25.3 Å². The number of nitrogens with zero attached hydrogens (tertiary/aromatic N) is 2. The average molecular weight is 468 g/mol. The molecule has 0 spiro atoms. The quantitative estimate of drug-likeness (QED) is 0.328. The van der Waals surface area contributed by atoms with Gasteiger partial charge in [0.25, 0.3) is 0 Å². The number of sulfonamides is 1. The molecule has 0 aliphatic rings. The number of hydrogen-bond donors (Lipinski definition) is 3. The van der Waals surface area contributed by atoms with Crippen LogP contribution in [0.4, 0.5) is 23.1 Å². The first-order chi connectivity index (χ1) is 15.2. The van der Waals surface area contributed by atoms with Gasteiger partial charge in [0.05, 0.1) is 15.8 Å². The minimum absolute atomic E-state index is 0.489. The Morgan fingerprint density at radius 3 is 2.44 bits per heavy atom. The van der Waals surface area contributed by atoms with Crippen LogP contribution in [0.3, 0.4) is 0 Å². The molecule has 0 aliphatic heterocycles. The van der Waals surface area contributed by atoms with Crippen molar-refractivity contribution in [1.29, 1.82) is 0 Å². The molecule has 0 saturated carbocycles. The number of nitrogens with one attached hydrogen (secondary N) is 3. The SMILES string of the molecule is CC(C)(C)S(=O)(=O)Nc1cccc(Nc2nc(NCc3ccccc3)nc3sccc23)c1. The lowest BCUT2D eigenvalue weighted by atomic mass is 10.2. The van der Waals surface area contributed by atoms with Crippen LogP contribution in [0.15, 0.2) is 66.0 Å². The van der Waals surface area contributed by atoms with E-state index in [-0.39, 0.29) is 0 Å². The van der Waals surface area contributed by atoms with Crippen molar-refractivity contribution >= 4 is 54.7 Å². The summed E-state index contributed by atoms with van der Waals surface area (Å²) in [5.41, 5.74) is 2.35. The Labute approximate surface area is 192 Å². The zero-order valence-corrected chi connectivity index (χ0v) is 19.7. The van der Waals surface area contributed by atoms with Gasteiger partial charge in [0.1, 0.15) is 10.6 Å². The summed E-state index contributed by atoms with van der Waals surface area (Å²) in [7, 11) is -3.52. The summed E-state index contributed by atoms with van der Waals surface area (Å²) >= 11 is 1.54. The van der Waals surface area contributed by atoms with E-state index >= 15 is 0 Å². The number of benzene rings is 2. The molecule has 0 fully saturated rings. The number of fused-ring (bicyclic) bond motifs is 1. The Hall–Kier alpha value is -3.17. The molecule has 9 heteroatoms. The molecular weight excluding hydrogens is 442 g/mol. The van der Waals surface area contributed by atoms with Crippen molar-refractivity contribution in [3.8, 4) is 0 Å². The van der Waals surface area contributed by atoms with Gasteiger partial charge in [0.15, 0.2) is 0 Å². The third kappa shape index (κ3) is 5.00. The Balaban J connectivity index is 1.58. The van der Waals surface area contributed by atoms with Gasteiger partial charge in [-0.3, -0.25) is 4.72 Å². The molecule has 3 N–H and O–H groups in total.